The molecule has 0 aromatic carbocycles. The number of nitrogens with one attached hydrogen (secondary N) is 1. The van der Waals surface area contributed by atoms with E-state index in [2.05, 4.69) is 22.1 Å². The van der Waals surface area contributed by atoms with Gasteiger partial charge in [-0.1, -0.05) is 6.92 Å². The van der Waals surface area contributed by atoms with Crippen molar-refractivity contribution in [1.82, 2.24) is 19.8 Å². The molecule has 2 aromatic rings. The summed E-state index contributed by atoms with van der Waals surface area (Å²) in [5, 5.41) is 14.2. The molecule has 0 atom stereocenters. The third-order valence-corrected chi connectivity index (χ3v) is 7.08. The summed E-state index contributed by atoms with van der Waals surface area (Å²) in [6.07, 6.45) is 7.74. The van der Waals surface area contributed by atoms with Crippen molar-refractivity contribution in [3.8, 4) is 5.75 Å². The summed E-state index contributed by atoms with van der Waals surface area (Å²) >= 11 is 0. The highest BCUT2D eigenvalue weighted by atomic mass is 16.5. The van der Waals surface area contributed by atoms with E-state index in [0.29, 0.717) is 36.1 Å². The Morgan fingerprint density at radius 2 is 1.91 bits per heavy atom. The highest BCUT2D eigenvalue weighted by Crippen LogP contribution is 2.27. The molecular formula is C24H34N4O4. The molecule has 2 aliphatic rings. The zero-order valence-electron chi connectivity index (χ0n) is 19.0. The minimum atomic E-state index is -0.493. The predicted molar refractivity (Wildman–Crippen MR) is 123 cm³/mol. The Hall–Kier alpha value is -2.45. The maximum Gasteiger partial charge on any atom is 0.268 e. The van der Waals surface area contributed by atoms with E-state index in [9.17, 15) is 14.7 Å². The highest BCUT2D eigenvalue weighted by Gasteiger charge is 2.27. The van der Waals surface area contributed by atoms with Crippen LogP contribution in [-0.4, -0.2) is 64.4 Å². The van der Waals surface area contributed by atoms with Crippen LogP contribution in [-0.2, 0) is 11.3 Å². The second-order valence-corrected chi connectivity index (χ2v) is 9.26. The second-order valence-electron chi connectivity index (χ2n) is 9.26. The van der Waals surface area contributed by atoms with Gasteiger partial charge in [0.2, 0.25) is 0 Å². The Kier molecular flexibility index (Phi) is 7.10. The lowest BCUT2D eigenvalue weighted by Gasteiger charge is -2.31. The van der Waals surface area contributed by atoms with Gasteiger partial charge in [0.25, 0.3) is 11.5 Å². The fourth-order valence-corrected chi connectivity index (χ4v) is 4.95. The van der Waals surface area contributed by atoms with E-state index in [1.54, 1.807) is 25.4 Å². The number of aromatic nitrogens is 2. The van der Waals surface area contributed by atoms with Crippen LogP contribution in [0.25, 0.3) is 11.0 Å². The molecule has 1 saturated carbocycles. The first-order valence-corrected chi connectivity index (χ1v) is 11.7. The number of ether oxygens (including phenoxy) is 1. The number of carbonyl (C=O) groups is 1. The Morgan fingerprint density at radius 1 is 1.19 bits per heavy atom. The molecule has 1 amide bonds. The van der Waals surface area contributed by atoms with Crippen LogP contribution in [0.3, 0.4) is 0 Å². The number of nitrogens with zero attached hydrogens (tertiary/aromatic N) is 3. The standard InChI is InChI=1S/C24H34N4O4/c1-16-5-7-17(8-6-16)26-23(30)20-21(29)19-4-3-11-25-22(19)28(24(20)31)15-14-27-12-9-18(32-2)10-13-27/h3-4,11,16-18,29H,5-10,12-15H2,1-2H3,(H,26,30)/t16-,17+. The van der Waals surface area contributed by atoms with Gasteiger partial charge in [0.05, 0.1) is 11.5 Å². The fourth-order valence-electron chi connectivity index (χ4n) is 4.95. The normalized spacial score (nSPS) is 22.8. The van der Waals surface area contributed by atoms with Gasteiger partial charge in [-0.25, -0.2) is 4.98 Å². The van der Waals surface area contributed by atoms with Crippen molar-refractivity contribution in [3.63, 3.8) is 0 Å². The van der Waals surface area contributed by atoms with Crippen molar-refractivity contribution in [2.24, 2.45) is 5.92 Å². The molecule has 1 aliphatic heterocycles. The van der Waals surface area contributed by atoms with Gasteiger partial charge in [-0.3, -0.25) is 14.2 Å². The molecule has 174 valence electrons. The number of aromatic hydroxyl groups is 1. The lowest BCUT2D eigenvalue weighted by Crippen LogP contribution is -2.42. The topological polar surface area (TPSA) is 96.7 Å². The molecule has 1 aliphatic carbocycles. The van der Waals surface area contributed by atoms with Crippen LogP contribution in [0.4, 0.5) is 0 Å². The monoisotopic (exact) mass is 442 g/mol. The van der Waals surface area contributed by atoms with E-state index in [0.717, 1.165) is 51.6 Å². The molecule has 0 bridgehead atoms. The van der Waals surface area contributed by atoms with Gasteiger partial charge in [-0.2, -0.15) is 0 Å². The van der Waals surface area contributed by atoms with Crippen molar-refractivity contribution in [2.75, 3.05) is 26.7 Å². The summed E-state index contributed by atoms with van der Waals surface area (Å²) in [7, 11) is 1.74. The molecule has 8 heteroatoms. The van der Waals surface area contributed by atoms with E-state index in [1.807, 2.05) is 0 Å². The number of pyridine rings is 2. The van der Waals surface area contributed by atoms with Crippen molar-refractivity contribution >= 4 is 16.9 Å². The number of fused-ring (bicyclic) bond motifs is 1. The number of rotatable bonds is 6. The quantitative estimate of drug-likeness (QED) is 0.714. The summed E-state index contributed by atoms with van der Waals surface area (Å²) < 4.78 is 6.98. The van der Waals surface area contributed by atoms with Crippen LogP contribution in [0.1, 0.15) is 55.8 Å². The van der Waals surface area contributed by atoms with Gasteiger partial charge in [0, 0.05) is 45.5 Å². The van der Waals surface area contributed by atoms with Crippen molar-refractivity contribution in [2.45, 2.75) is 64.1 Å². The number of hydrogen-bond acceptors (Lipinski definition) is 6. The molecule has 0 radical (unpaired) electrons. The van der Waals surface area contributed by atoms with Gasteiger partial charge < -0.3 is 20.1 Å². The van der Waals surface area contributed by atoms with Gasteiger partial charge in [0.15, 0.2) is 0 Å². The lowest BCUT2D eigenvalue weighted by atomic mass is 9.87. The number of likely N-dealkylation sites (tertiary alicyclic amines) is 1. The summed E-state index contributed by atoms with van der Waals surface area (Å²) in [4.78, 5) is 33.1. The summed E-state index contributed by atoms with van der Waals surface area (Å²) in [5.41, 5.74) is -0.255. The maximum atomic E-state index is 13.4. The number of hydrogen-bond donors (Lipinski definition) is 2. The first kappa shape index (κ1) is 22.7. The minimum absolute atomic E-state index is 0.0395. The third kappa shape index (κ3) is 4.81. The molecule has 8 nitrogen and oxygen atoms in total. The summed E-state index contributed by atoms with van der Waals surface area (Å²) in [5.74, 6) is -0.112. The van der Waals surface area contributed by atoms with Crippen LogP contribution in [0.2, 0.25) is 0 Å². The lowest BCUT2D eigenvalue weighted by molar-refractivity contribution is 0.0402. The van der Waals surface area contributed by atoms with Crippen LogP contribution in [0.5, 0.6) is 5.75 Å². The molecule has 3 heterocycles. The molecule has 4 rings (SSSR count). The first-order chi connectivity index (χ1) is 15.5. The number of piperidine rings is 1. The van der Waals surface area contributed by atoms with E-state index in [-0.39, 0.29) is 17.4 Å². The van der Waals surface area contributed by atoms with Crippen LogP contribution in [0, 0.1) is 5.92 Å². The van der Waals surface area contributed by atoms with Gasteiger partial charge >= 0.3 is 0 Å². The average Bonchev–Trinajstić information content (AvgIpc) is 2.81. The smallest absolute Gasteiger partial charge is 0.268 e. The third-order valence-electron chi connectivity index (χ3n) is 7.08. The van der Waals surface area contributed by atoms with Crippen molar-refractivity contribution in [1.29, 1.82) is 0 Å². The second kappa shape index (κ2) is 10.0. The van der Waals surface area contributed by atoms with Gasteiger partial charge in [-0.05, 0) is 56.6 Å². The van der Waals surface area contributed by atoms with E-state index in [4.69, 9.17) is 4.74 Å². The first-order valence-electron chi connectivity index (χ1n) is 11.7. The number of methoxy groups -OCH3 is 1. The van der Waals surface area contributed by atoms with Crippen molar-refractivity contribution < 1.29 is 14.6 Å². The molecule has 32 heavy (non-hydrogen) atoms. The van der Waals surface area contributed by atoms with E-state index in [1.165, 1.54) is 4.57 Å². The van der Waals surface area contributed by atoms with E-state index < -0.39 is 11.5 Å². The molecule has 2 N–H and O–H groups in total. The molecule has 0 unspecified atom stereocenters. The van der Waals surface area contributed by atoms with Gasteiger partial charge in [-0.15, -0.1) is 0 Å². The SMILES string of the molecule is COC1CCN(CCn2c(=O)c(C(=O)N[C@H]3CC[C@@H](C)CC3)c(O)c3cccnc32)CC1. The fraction of sp³-hybridized carbons (Fsp3) is 0.625. The average molecular weight is 443 g/mol. The zero-order valence-corrected chi connectivity index (χ0v) is 19.0. The Morgan fingerprint density at radius 3 is 2.59 bits per heavy atom. The Balaban J connectivity index is 1.58. The van der Waals surface area contributed by atoms with Crippen LogP contribution < -0.4 is 10.9 Å². The Labute approximate surface area is 188 Å². The Bertz CT molecular complexity index is 1000. The molecular weight excluding hydrogens is 408 g/mol. The molecule has 0 spiro atoms. The summed E-state index contributed by atoms with van der Waals surface area (Å²) in [6, 6.07) is 3.45. The molecule has 1 saturated heterocycles. The predicted octanol–water partition coefficient (Wildman–Crippen LogP) is 2.52. The van der Waals surface area contributed by atoms with E-state index >= 15 is 0 Å². The van der Waals surface area contributed by atoms with Crippen LogP contribution >= 0.6 is 0 Å². The van der Waals surface area contributed by atoms with Gasteiger partial charge in [0.1, 0.15) is 17.0 Å². The molecule has 2 fully saturated rings. The van der Waals surface area contributed by atoms with Crippen LogP contribution in [0.15, 0.2) is 23.1 Å². The highest BCUT2D eigenvalue weighted by molar-refractivity contribution is 6.01. The van der Waals surface area contributed by atoms with Crippen molar-refractivity contribution in [3.05, 3.63) is 34.2 Å². The number of carbonyl (C=O) groups excluding carboxylic acids is 1. The molecule has 2 aromatic heterocycles. The summed E-state index contributed by atoms with van der Waals surface area (Å²) in [6.45, 7) is 5.12. The zero-order chi connectivity index (χ0) is 22.7. The number of amides is 1. The maximum absolute atomic E-state index is 13.4. The largest absolute Gasteiger partial charge is 0.506 e. The minimum Gasteiger partial charge on any atom is -0.506 e.